The van der Waals surface area contributed by atoms with Gasteiger partial charge in [0.15, 0.2) is 5.13 Å². The van der Waals surface area contributed by atoms with Crippen LogP contribution in [0.2, 0.25) is 0 Å². The number of aromatic nitrogens is 1. The van der Waals surface area contributed by atoms with Crippen molar-refractivity contribution >= 4 is 28.3 Å². The maximum atomic E-state index is 12.7. The quantitative estimate of drug-likeness (QED) is 0.859. The third-order valence-electron chi connectivity index (χ3n) is 4.72. The first-order valence-electron chi connectivity index (χ1n) is 8.80. The maximum absolute atomic E-state index is 12.7. The Balaban J connectivity index is 1.74. The molecule has 3 rings (SSSR count). The second-order valence-corrected chi connectivity index (χ2v) is 7.41. The molecule has 6 heteroatoms. The van der Waals surface area contributed by atoms with Crippen LogP contribution in [0.3, 0.4) is 0 Å². The third-order valence-corrected chi connectivity index (χ3v) is 5.84. The Morgan fingerprint density at radius 3 is 2.61 bits per heavy atom. The van der Waals surface area contributed by atoms with Crippen LogP contribution in [0.4, 0.5) is 5.13 Å². The number of nitrogens with zero attached hydrogens (tertiary/aromatic N) is 2. The van der Waals surface area contributed by atoms with E-state index < -0.39 is 0 Å². The average molecular weight is 335 g/mol. The molecule has 5 nitrogen and oxygen atoms in total. The summed E-state index contributed by atoms with van der Waals surface area (Å²) in [5.74, 6) is 0.112. The number of hydrogen-bond donors (Lipinski definition) is 1. The highest BCUT2D eigenvalue weighted by Gasteiger charge is 2.28. The molecule has 2 aliphatic rings. The molecule has 2 heterocycles. The van der Waals surface area contributed by atoms with Crippen LogP contribution in [0.15, 0.2) is 0 Å². The van der Waals surface area contributed by atoms with Crippen LogP contribution in [0.25, 0.3) is 0 Å². The van der Waals surface area contributed by atoms with Gasteiger partial charge in [-0.3, -0.25) is 14.5 Å². The van der Waals surface area contributed by atoms with E-state index in [1.807, 2.05) is 6.92 Å². The summed E-state index contributed by atoms with van der Waals surface area (Å²) in [6.07, 6.45) is 9.26. The van der Waals surface area contributed by atoms with Gasteiger partial charge in [-0.05, 0) is 25.7 Å². The predicted molar refractivity (Wildman–Crippen MR) is 92.0 cm³/mol. The van der Waals surface area contributed by atoms with E-state index in [9.17, 15) is 9.59 Å². The molecule has 0 radical (unpaired) electrons. The maximum Gasteiger partial charge on any atom is 0.263 e. The molecule has 1 aliphatic carbocycles. The highest BCUT2D eigenvalue weighted by molar-refractivity contribution is 7.17. The number of thiazole rings is 1. The fraction of sp³-hybridized carbons (Fsp3) is 0.706. The van der Waals surface area contributed by atoms with Crippen molar-refractivity contribution in [3.8, 4) is 0 Å². The van der Waals surface area contributed by atoms with E-state index in [1.54, 1.807) is 4.90 Å². The minimum Gasteiger partial charge on any atom is -0.349 e. The summed E-state index contributed by atoms with van der Waals surface area (Å²) in [6, 6.07) is 0.286. The Morgan fingerprint density at radius 2 is 2.00 bits per heavy atom. The zero-order valence-electron chi connectivity index (χ0n) is 13.8. The van der Waals surface area contributed by atoms with Gasteiger partial charge in [-0.2, -0.15) is 0 Å². The largest absolute Gasteiger partial charge is 0.349 e. The van der Waals surface area contributed by atoms with Crippen molar-refractivity contribution in [1.29, 1.82) is 0 Å². The van der Waals surface area contributed by atoms with Gasteiger partial charge in [0, 0.05) is 19.0 Å². The van der Waals surface area contributed by atoms with Crippen LogP contribution >= 0.6 is 11.3 Å². The molecule has 1 saturated carbocycles. The number of anilines is 1. The van der Waals surface area contributed by atoms with Crippen molar-refractivity contribution in [2.24, 2.45) is 0 Å². The Morgan fingerprint density at radius 1 is 1.26 bits per heavy atom. The van der Waals surface area contributed by atoms with Crippen LogP contribution in [0, 0.1) is 0 Å². The van der Waals surface area contributed by atoms with E-state index in [4.69, 9.17) is 0 Å². The molecule has 2 amide bonds. The van der Waals surface area contributed by atoms with Crippen molar-refractivity contribution in [1.82, 2.24) is 10.3 Å². The van der Waals surface area contributed by atoms with Gasteiger partial charge < -0.3 is 5.32 Å². The summed E-state index contributed by atoms with van der Waals surface area (Å²) >= 11 is 1.37. The van der Waals surface area contributed by atoms with Crippen molar-refractivity contribution < 1.29 is 9.59 Å². The van der Waals surface area contributed by atoms with E-state index >= 15 is 0 Å². The molecule has 1 N–H and O–H groups in total. The molecule has 1 aromatic rings. The molecule has 0 spiro atoms. The standard InChI is InChI=1S/C17H25N3O2S/c1-2-13-15(16(22)18-12-8-5-3-4-6-9-12)23-17(19-13)20-11-7-10-14(20)21/h12H,2-11H2,1H3,(H,18,22). The minimum absolute atomic E-state index is 0.0101. The lowest BCUT2D eigenvalue weighted by molar-refractivity contribution is -0.117. The summed E-state index contributed by atoms with van der Waals surface area (Å²) in [6.45, 7) is 2.73. The van der Waals surface area contributed by atoms with E-state index in [2.05, 4.69) is 10.3 Å². The van der Waals surface area contributed by atoms with Crippen molar-refractivity contribution in [2.45, 2.75) is 70.8 Å². The molecule has 0 bridgehead atoms. The number of carbonyl (C=O) groups is 2. The molecular formula is C17H25N3O2S. The number of aryl methyl sites for hydroxylation is 1. The summed E-state index contributed by atoms with van der Waals surface area (Å²) in [5, 5.41) is 3.88. The van der Waals surface area contributed by atoms with Gasteiger partial charge in [-0.15, -0.1) is 0 Å². The Labute approximate surface area is 141 Å². The van der Waals surface area contributed by atoms with Crippen LogP contribution in [0.5, 0.6) is 0 Å². The topological polar surface area (TPSA) is 62.3 Å². The average Bonchev–Trinajstić information content (AvgIpc) is 3.07. The SMILES string of the molecule is CCc1nc(N2CCCC2=O)sc1C(=O)NC1CCCCCC1. The summed E-state index contributed by atoms with van der Waals surface area (Å²) in [5.41, 5.74) is 0.816. The minimum atomic E-state index is -0.0101. The molecule has 0 atom stereocenters. The Bertz CT molecular complexity index is 576. The number of carbonyl (C=O) groups excluding carboxylic acids is 2. The van der Waals surface area contributed by atoms with Gasteiger partial charge >= 0.3 is 0 Å². The van der Waals surface area contributed by atoms with Gasteiger partial charge in [0.25, 0.3) is 5.91 Å². The first kappa shape index (κ1) is 16.4. The van der Waals surface area contributed by atoms with E-state index in [0.29, 0.717) is 22.9 Å². The summed E-state index contributed by atoms with van der Waals surface area (Å²) in [7, 11) is 0. The van der Waals surface area contributed by atoms with Crippen LogP contribution in [0.1, 0.15) is 73.7 Å². The van der Waals surface area contributed by atoms with Crippen LogP contribution in [-0.2, 0) is 11.2 Å². The molecular weight excluding hydrogens is 310 g/mol. The fourth-order valence-corrected chi connectivity index (χ4v) is 4.50. The van der Waals surface area contributed by atoms with E-state index in [1.165, 1.54) is 37.0 Å². The molecule has 1 aliphatic heterocycles. The van der Waals surface area contributed by atoms with E-state index in [0.717, 1.165) is 31.5 Å². The highest BCUT2D eigenvalue weighted by Crippen LogP contribution is 2.30. The molecule has 1 saturated heterocycles. The fourth-order valence-electron chi connectivity index (χ4n) is 3.40. The number of nitrogens with one attached hydrogen (secondary N) is 1. The monoisotopic (exact) mass is 335 g/mol. The first-order valence-corrected chi connectivity index (χ1v) is 9.61. The lowest BCUT2D eigenvalue weighted by atomic mass is 10.1. The normalized spacial score (nSPS) is 19.9. The number of hydrogen-bond acceptors (Lipinski definition) is 4. The highest BCUT2D eigenvalue weighted by atomic mass is 32.1. The Hall–Kier alpha value is -1.43. The van der Waals surface area contributed by atoms with Crippen molar-refractivity contribution in [3.05, 3.63) is 10.6 Å². The van der Waals surface area contributed by atoms with Crippen molar-refractivity contribution in [2.75, 3.05) is 11.4 Å². The third kappa shape index (κ3) is 3.74. The van der Waals surface area contributed by atoms with Crippen molar-refractivity contribution in [3.63, 3.8) is 0 Å². The van der Waals surface area contributed by atoms with Crippen LogP contribution < -0.4 is 10.2 Å². The summed E-state index contributed by atoms with van der Waals surface area (Å²) in [4.78, 5) is 31.5. The number of amides is 2. The van der Waals surface area contributed by atoms with Gasteiger partial charge in [0.1, 0.15) is 4.88 Å². The molecule has 2 fully saturated rings. The van der Waals surface area contributed by atoms with Gasteiger partial charge in [-0.1, -0.05) is 43.9 Å². The molecule has 1 aromatic heterocycles. The zero-order chi connectivity index (χ0) is 16.2. The first-order chi connectivity index (χ1) is 11.2. The summed E-state index contributed by atoms with van der Waals surface area (Å²) < 4.78 is 0. The van der Waals surface area contributed by atoms with E-state index in [-0.39, 0.29) is 17.9 Å². The molecule has 23 heavy (non-hydrogen) atoms. The Kier molecular flexibility index (Phi) is 5.30. The van der Waals surface area contributed by atoms with Crippen LogP contribution in [-0.4, -0.2) is 29.4 Å². The smallest absolute Gasteiger partial charge is 0.263 e. The predicted octanol–water partition coefficient (Wildman–Crippen LogP) is 3.28. The molecule has 0 unspecified atom stereocenters. The van der Waals surface area contributed by atoms with Gasteiger partial charge in [0.05, 0.1) is 5.69 Å². The lowest BCUT2D eigenvalue weighted by Gasteiger charge is -2.15. The molecule has 0 aromatic carbocycles. The second kappa shape index (κ2) is 7.43. The molecule has 126 valence electrons. The number of rotatable bonds is 4. The zero-order valence-corrected chi connectivity index (χ0v) is 14.6. The van der Waals surface area contributed by atoms with Gasteiger partial charge in [0.2, 0.25) is 5.91 Å². The van der Waals surface area contributed by atoms with Gasteiger partial charge in [-0.25, -0.2) is 4.98 Å². The lowest BCUT2D eigenvalue weighted by Crippen LogP contribution is -2.34. The second-order valence-electron chi connectivity index (χ2n) is 6.44.